The van der Waals surface area contributed by atoms with Crippen molar-refractivity contribution in [2.24, 2.45) is 0 Å². The number of hydrogen-bond donors (Lipinski definition) is 3. The van der Waals surface area contributed by atoms with Gasteiger partial charge in [-0.05, 0) is 19.8 Å². The molecule has 18 heavy (non-hydrogen) atoms. The van der Waals surface area contributed by atoms with Gasteiger partial charge in [-0.2, -0.15) is 5.10 Å². The lowest BCUT2D eigenvalue weighted by molar-refractivity contribution is -0.129. The zero-order chi connectivity index (χ0) is 13.1. The van der Waals surface area contributed by atoms with E-state index >= 15 is 0 Å². The number of nitrogens with zero attached hydrogens (tertiary/aromatic N) is 2. The molecule has 1 aliphatic heterocycles. The first-order valence-electron chi connectivity index (χ1n) is 5.96. The average molecular weight is 251 g/mol. The lowest BCUT2D eigenvalue weighted by Crippen LogP contribution is -2.38. The van der Waals surface area contributed by atoms with Crippen molar-refractivity contribution in [1.82, 2.24) is 20.4 Å². The van der Waals surface area contributed by atoms with Gasteiger partial charge in [-0.15, -0.1) is 0 Å². The Bertz CT molecular complexity index is 442. The third-order valence-electron chi connectivity index (χ3n) is 3.06. The van der Waals surface area contributed by atoms with Gasteiger partial charge in [0.15, 0.2) is 5.82 Å². The van der Waals surface area contributed by atoms with E-state index in [1.165, 1.54) is 0 Å². The molecule has 0 unspecified atom stereocenters. The molecule has 98 valence electrons. The van der Waals surface area contributed by atoms with Gasteiger partial charge in [0.05, 0.1) is 6.54 Å². The minimum absolute atomic E-state index is 0.00287. The van der Waals surface area contributed by atoms with Crippen LogP contribution in [0.25, 0.3) is 0 Å². The number of aryl methyl sites for hydroxylation is 1. The molecular weight excluding hydrogens is 234 g/mol. The number of carbonyl (C=O) groups excluding carboxylic acids is 2. The molecule has 2 amide bonds. The Morgan fingerprint density at radius 1 is 1.44 bits per heavy atom. The van der Waals surface area contributed by atoms with Crippen LogP contribution in [0.3, 0.4) is 0 Å². The summed E-state index contributed by atoms with van der Waals surface area (Å²) in [7, 11) is 0. The molecule has 2 rings (SSSR count). The normalized spacial score (nSPS) is 14.8. The van der Waals surface area contributed by atoms with Crippen molar-refractivity contribution in [2.45, 2.75) is 19.8 Å². The average Bonchev–Trinajstić information content (AvgIpc) is 2.96. The summed E-state index contributed by atoms with van der Waals surface area (Å²) in [6.07, 6.45) is 2.07. The van der Waals surface area contributed by atoms with E-state index in [9.17, 15) is 9.59 Å². The number of hydrogen-bond acceptors (Lipinski definition) is 4. The van der Waals surface area contributed by atoms with Crippen molar-refractivity contribution in [3.8, 4) is 0 Å². The summed E-state index contributed by atoms with van der Waals surface area (Å²) in [5.74, 6) is -0.273. The van der Waals surface area contributed by atoms with Crippen molar-refractivity contribution >= 4 is 17.6 Å². The summed E-state index contributed by atoms with van der Waals surface area (Å²) >= 11 is 0. The lowest BCUT2D eigenvalue weighted by Gasteiger charge is -2.15. The number of nitrogens with one attached hydrogen (secondary N) is 2. The van der Waals surface area contributed by atoms with Crippen LogP contribution in [0.5, 0.6) is 0 Å². The van der Waals surface area contributed by atoms with Crippen LogP contribution in [-0.4, -0.2) is 46.5 Å². The number of nitrogens with two attached hydrogens (primary N) is 1. The van der Waals surface area contributed by atoms with Gasteiger partial charge in [0.1, 0.15) is 5.56 Å². The van der Waals surface area contributed by atoms with Gasteiger partial charge in [0.25, 0.3) is 5.91 Å². The zero-order valence-electron chi connectivity index (χ0n) is 10.3. The van der Waals surface area contributed by atoms with Crippen LogP contribution < -0.4 is 11.1 Å². The minimum atomic E-state index is -0.369. The largest absolute Gasteiger partial charge is 0.382 e. The smallest absolute Gasteiger partial charge is 0.257 e. The highest BCUT2D eigenvalue weighted by Crippen LogP contribution is 2.11. The summed E-state index contributed by atoms with van der Waals surface area (Å²) in [5.41, 5.74) is 6.48. The van der Waals surface area contributed by atoms with E-state index in [0.29, 0.717) is 11.3 Å². The second-order valence-corrected chi connectivity index (χ2v) is 4.38. The number of aromatic amines is 1. The molecule has 7 heteroatoms. The summed E-state index contributed by atoms with van der Waals surface area (Å²) in [6, 6.07) is 0. The quantitative estimate of drug-likeness (QED) is 0.683. The number of carbonyl (C=O) groups is 2. The van der Waals surface area contributed by atoms with Gasteiger partial charge in [-0.25, -0.2) is 0 Å². The summed E-state index contributed by atoms with van der Waals surface area (Å²) in [5, 5.41) is 8.94. The highest BCUT2D eigenvalue weighted by atomic mass is 16.2. The minimum Gasteiger partial charge on any atom is -0.382 e. The molecule has 2 heterocycles. The fourth-order valence-electron chi connectivity index (χ4n) is 2.06. The summed E-state index contributed by atoms with van der Waals surface area (Å²) in [6.45, 7) is 3.27. The molecule has 1 aliphatic rings. The highest BCUT2D eigenvalue weighted by molar-refractivity contribution is 6.00. The third-order valence-corrected chi connectivity index (χ3v) is 3.06. The second-order valence-electron chi connectivity index (χ2n) is 4.38. The van der Waals surface area contributed by atoms with E-state index in [-0.39, 0.29) is 24.2 Å². The number of nitrogen functional groups attached to an aromatic ring is 1. The maximum atomic E-state index is 11.8. The van der Waals surface area contributed by atoms with Gasteiger partial charge >= 0.3 is 0 Å². The molecule has 4 N–H and O–H groups in total. The lowest BCUT2D eigenvalue weighted by atomic mass is 10.2. The first-order chi connectivity index (χ1) is 8.59. The molecule has 1 saturated heterocycles. The Hall–Kier alpha value is -2.05. The van der Waals surface area contributed by atoms with Crippen molar-refractivity contribution in [3.05, 3.63) is 11.3 Å². The van der Waals surface area contributed by atoms with E-state index < -0.39 is 0 Å². The molecule has 7 nitrogen and oxygen atoms in total. The Morgan fingerprint density at radius 2 is 2.11 bits per heavy atom. The Labute approximate surface area is 105 Å². The monoisotopic (exact) mass is 251 g/mol. The molecule has 1 fully saturated rings. The van der Waals surface area contributed by atoms with Crippen molar-refractivity contribution in [1.29, 1.82) is 0 Å². The molecule has 0 bridgehead atoms. The predicted octanol–water partition coefficient (Wildman–Crippen LogP) is -0.347. The van der Waals surface area contributed by atoms with E-state index in [2.05, 4.69) is 15.5 Å². The van der Waals surface area contributed by atoms with Crippen LogP contribution in [0, 0.1) is 6.92 Å². The standard InChI is InChI=1S/C11H17N5O2/c1-7-9(10(12)15-14-7)11(18)13-6-8(17)16-4-2-3-5-16/h2-6H2,1H3,(H,13,18)(H3,12,14,15). The van der Waals surface area contributed by atoms with Crippen LogP contribution in [0.4, 0.5) is 5.82 Å². The van der Waals surface area contributed by atoms with Gasteiger partial charge in [0.2, 0.25) is 5.91 Å². The Morgan fingerprint density at radius 3 is 2.67 bits per heavy atom. The number of H-pyrrole nitrogens is 1. The summed E-state index contributed by atoms with van der Waals surface area (Å²) in [4.78, 5) is 25.3. The van der Waals surface area contributed by atoms with E-state index in [1.54, 1.807) is 11.8 Å². The first-order valence-corrected chi connectivity index (χ1v) is 5.96. The van der Waals surface area contributed by atoms with Crippen molar-refractivity contribution in [3.63, 3.8) is 0 Å². The van der Waals surface area contributed by atoms with Crippen molar-refractivity contribution < 1.29 is 9.59 Å². The molecule has 0 radical (unpaired) electrons. The predicted molar refractivity (Wildman–Crippen MR) is 65.9 cm³/mol. The van der Waals surface area contributed by atoms with Crippen LogP contribution >= 0.6 is 0 Å². The second kappa shape index (κ2) is 5.07. The van der Waals surface area contributed by atoms with E-state index in [1.807, 2.05) is 0 Å². The Balaban J connectivity index is 1.90. The van der Waals surface area contributed by atoms with Crippen LogP contribution in [0.2, 0.25) is 0 Å². The topological polar surface area (TPSA) is 104 Å². The number of rotatable bonds is 3. The van der Waals surface area contributed by atoms with E-state index in [0.717, 1.165) is 25.9 Å². The molecule has 0 atom stereocenters. The SMILES string of the molecule is Cc1[nH]nc(N)c1C(=O)NCC(=O)N1CCCC1. The Kier molecular flexibility index (Phi) is 3.50. The van der Waals surface area contributed by atoms with Gasteiger partial charge < -0.3 is 16.0 Å². The number of likely N-dealkylation sites (tertiary alicyclic amines) is 1. The van der Waals surface area contributed by atoms with Gasteiger partial charge in [0, 0.05) is 18.8 Å². The molecule has 1 aromatic heterocycles. The number of aromatic nitrogens is 2. The zero-order valence-corrected chi connectivity index (χ0v) is 10.3. The third kappa shape index (κ3) is 2.44. The fourth-order valence-corrected chi connectivity index (χ4v) is 2.06. The van der Waals surface area contributed by atoms with E-state index in [4.69, 9.17) is 5.73 Å². The fraction of sp³-hybridized carbons (Fsp3) is 0.545. The molecular formula is C11H17N5O2. The van der Waals surface area contributed by atoms with Crippen LogP contribution in [0.15, 0.2) is 0 Å². The molecule has 0 spiro atoms. The highest BCUT2D eigenvalue weighted by Gasteiger charge is 2.20. The van der Waals surface area contributed by atoms with Gasteiger partial charge in [-0.1, -0.05) is 0 Å². The summed E-state index contributed by atoms with van der Waals surface area (Å²) < 4.78 is 0. The molecule has 0 aliphatic carbocycles. The molecule has 0 saturated carbocycles. The molecule has 1 aromatic rings. The number of amides is 2. The van der Waals surface area contributed by atoms with Crippen LogP contribution in [-0.2, 0) is 4.79 Å². The molecule has 0 aromatic carbocycles. The maximum Gasteiger partial charge on any atom is 0.257 e. The first kappa shape index (κ1) is 12.4. The van der Waals surface area contributed by atoms with Crippen LogP contribution in [0.1, 0.15) is 28.9 Å². The van der Waals surface area contributed by atoms with Crippen molar-refractivity contribution in [2.75, 3.05) is 25.4 Å². The number of anilines is 1. The van der Waals surface area contributed by atoms with Gasteiger partial charge in [-0.3, -0.25) is 14.7 Å². The maximum absolute atomic E-state index is 11.8.